The minimum absolute atomic E-state index is 0.0435. The first-order valence-corrected chi connectivity index (χ1v) is 10.2. The zero-order chi connectivity index (χ0) is 23.0. The first-order valence-electron chi connectivity index (χ1n) is 10.2. The number of benzene rings is 1. The molecule has 3 aromatic heterocycles. The van der Waals surface area contributed by atoms with Gasteiger partial charge in [0.1, 0.15) is 11.4 Å². The number of ether oxygens (including phenoxy) is 1. The van der Waals surface area contributed by atoms with Crippen molar-refractivity contribution in [2.75, 3.05) is 6.54 Å². The number of carbonyl (C=O) groups excluding carboxylic acids is 1. The van der Waals surface area contributed by atoms with Crippen LogP contribution in [0.2, 0.25) is 0 Å². The Morgan fingerprint density at radius 1 is 1.00 bits per heavy atom. The number of aromatic nitrogens is 3. The SMILES string of the molecule is O=C(c1ccc2cc(Oc3ccc(C(F)(F)F)cn3)ccc2n1)N1CCc2ccncc2C1. The van der Waals surface area contributed by atoms with Crippen LogP contribution in [0.5, 0.6) is 11.6 Å². The molecule has 0 fully saturated rings. The van der Waals surface area contributed by atoms with E-state index >= 15 is 0 Å². The van der Waals surface area contributed by atoms with Crippen molar-refractivity contribution in [1.29, 1.82) is 0 Å². The number of amides is 1. The van der Waals surface area contributed by atoms with E-state index in [1.165, 1.54) is 11.6 Å². The summed E-state index contributed by atoms with van der Waals surface area (Å²) in [5.41, 5.74) is 2.34. The second-order valence-corrected chi connectivity index (χ2v) is 7.66. The Bertz CT molecular complexity index is 1340. The number of alkyl halides is 3. The molecule has 1 aromatic carbocycles. The molecule has 6 nitrogen and oxygen atoms in total. The van der Waals surface area contributed by atoms with Gasteiger partial charge >= 0.3 is 6.18 Å². The molecule has 1 aliphatic rings. The van der Waals surface area contributed by atoms with E-state index in [0.29, 0.717) is 30.0 Å². The minimum Gasteiger partial charge on any atom is -0.439 e. The molecule has 0 saturated heterocycles. The van der Waals surface area contributed by atoms with Crippen molar-refractivity contribution >= 4 is 16.8 Å². The summed E-state index contributed by atoms with van der Waals surface area (Å²) in [7, 11) is 0. The van der Waals surface area contributed by atoms with Gasteiger partial charge in [-0.3, -0.25) is 9.78 Å². The second kappa shape index (κ2) is 8.16. The highest BCUT2D eigenvalue weighted by Gasteiger charge is 2.30. The molecule has 4 aromatic rings. The molecule has 0 saturated carbocycles. The van der Waals surface area contributed by atoms with Crippen LogP contribution in [0.1, 0.15) is 27.2 Å². The molecule has 33 heavy (non-hydrogen) atoms. The lowest BCUT2D eigenvalue weighted by Crippen LogP contribution is -2.36. The summed E-state index contributed by atoms with van der Waals surface area (Å²) in [6.07, 6.45) is 0.590. The van der Waals surface area contributed by atoms with E-state index in [4.69, 9.17) is 4.74 Å². The monoisotopic (exact) mass is 450 g/mol. The van der Waals surface area contributed by atoms with Crippen LogP contribution in [0, 0.1) is 0 Å². The van der Waals surface area contributed by atoms with E-state index in [-0.39, 0.29) is 11.8 Å². The van der Waals surface area contributed by atoms with Gasteiger partial charge in [0.2, 0.25) is 5.88 Å². The Labute approximate surface area is 186 Å². The number of hydrogen-bond donors (Lipinski definition) is 0. The number of fused-ring (bicyclic) bond motifs is 2. The Balaban J connectivity index is 1.32. The summed E-state index contributed by atoms with van der Waals surface area (Å²) >= 11 is 0. The Morgan fingerprint density at radius 2 is 1.88 bits per heavy atom. The zero-order valence-corrected chi connectivity index (χ0v) is 17.2. The maximum absolute atomic E-state index is 13.0. The lowest BCUT2D eigenvalue weighted by Gasteiger charge is -2.28. The van der Waals surface area contributed by atoms with Crippen LogP contribution < -0.4 is 4.74 Å². The lowest BCUT2D eigenvalue weighted by molar-refractivity contribution is -0.137. The van der Waals surface area contributed by atoms with Gasteiger partial charge in [0.05, 0.1) is 11.1 Å². The summed E-state index contributed by atoms with van der Waals surface area (Å²) in [6, 6.07) is 12.5. The van der Waals surface area contributed by atoms with Gasteiger partial charge in [-0.2, -0.15) is 13.2 Å². The quantitative estimate of drug-likeness (QED) is 0.438. The van der Waals surface area contributed by atoms with Crippen LogP contribution in [-0.4, -0.2) is 32.3 Å². The first kappa shape index (κ1) is 20.9. The van der Waals surface area contributed by atoms with Crippen molar-refractivity contribution in [3.8, 4) is 11.6 Å². The zero-order valence-electron chi connectivity index (χ0n) is 17.2. The van der Waals surface area contributed by atoms with Gasteiger partial charge in [-0.05, 0) is 53.9 Å². The van der Waals surface area contributed by atoms with Gasteiger partial charge in [0.15, 0.2) is 0 Å². The molecule has 1 aliphatic heterocycles. The van der Waals surface area contributed by atoms with Crippen molar-refractivity contribution in [2.24, 2.45) is 0 Å². The average molecular weight is 450 g/mol. The van der Waals surface area contributed by atoms with Crippen LogP contribution in [0.3, 0.4) is 0 Å². The van der Waals surface area contributed by atoms with E-state index in [1.54, 1.807) is 47.6 Å². The molecule has 166 valence electrons. The summed E-state index contributed by atoms with van der Waals surface area (Å²) in [5.74, 6) is 0.290. The first-order chi connectivity index (χ1) is 15.9. The molecule has 4 heterocycles. The average Bonchev–Trinajstić information content (AvgIpc) is 2.83. The normalized spacial score (nSPS) is 13.6. The lowest BCUT2D eigenvalue weighted by atomic mass is 10.0. The number of carbonyl (C=O) groups is 1. The molecule has 5 rings (SSSR count). The smallest absolute Gasteiger partial charge is 0.417 e. The molecule has 9 heteroatoms. The summed E-state index contributed by atoms with van der Waals surface area (Å²) in [5, 5.41) is 0.726. The van der Waals surface area contributed by atoms with Gasteiger partial charge in [0, 0.05) is 43.1 Å². The summed E-state index contributed by atoms with van der Waals surface area (Å²) in [4.78, 5) is 27.1. The van der Waals surface area contributed by atoms with Crippen LogP contribution in [0.15, 0.2) is 67.1 Å². The fourth-order valence-corrected chi connectivity index (χ4v) is 3.73. The van der Waals surface area contributed by atoms with Crippen molar-refractivity contribution in [3.63, 3.8) is 0 Å². The molecule has 0 atom stereocenters. The molecule has 0 N–H and O–H groups in total. The van der Waals surface area contributed by atoms with Gasteiger partial charge < -0.3 is 9.64 Å². The van der Waals surface area contributed by atoms with Crippen molar-refractivity contribution < 1.29 is 22.7 Å². The Kier molecular flexibility index (Phi) is 5.16. The van der Waals surface area contributed by atoms with Crippen LogP contribution in [-0.2, 0) is 19.1 Å². The van der Waals surface area contributed by atoms with Gasteiger partial charge in [-0.15, -0.1) is 0 Å². The molecule has 0 unspecified atom stereocenters. The maximum Gasteiger partial charge on any atom is 0.417 e. The van der Waals surface area contributed by atoms with Crippen molar-refractivity contribution in [3.05, 3.63) is 89.5 Å². The third-order valence-electron chi connectivity index (χ3n) is 5.47. The third kappa shape index (κ3) is 4.34. The predicted octanol–water partition coefficient (Wildman–Crippen LogP) is 5.03. The second-order valence-electron chi connectivity index (χ2n) is 7.66. The Hall–Kier alpha value is -4.01. The van der Waals surface area contributed by atoms with Crippen LogP contribution >= 0.6 is 0 Å². The molecule has 0 spiro atoms. The third-order valence-corrected chi connectivity index (χ3v) is 5.47. The topological polar surface area (TPSA) is 68.2 Å². The molecular weight excluding hydrogens is 433 g/mol. The number of rotatable bonds is 3. The van der Waals surface area contributed by atoms with Gasteiger partial charge in [0.25, 0.3) is 5.91 Å². The van der Waals surface area contributed by atoms with Crippen molar-refractivity contribution in [1.82, 2.24) is 19.9 Å². The van der Waals surface area contributed by atoms with E-state index in [2.05, 4.69) is 15.0 Å². The predicted molar refractivity (Wildman–Crippen MR) is 114 cm³/mol. The van der Waals surface area contributed by atoms with E-state index in [9.17, 15) is 18.0 Å². The highest BCUT2D eigenvalue weighted by Crippen LogP contribution is 2.30. The van der Waals surface area contributed by atoms with Gasteiger partial charge in [-0.25, -0.2) is 9.97 Å². The minimum atomic E-state index is -4.45. The largest absolute Gasteiger partial charge is 0.439 e. The van der Waals surface area contributed by atoms with E-state index in [1.807, 2.05) is 6.07 Å². The standard InChI is InChI=1S/C24H17F3N4O2/c25-24(26,27)18-2-6-22(29-13-18)33-19-3-5-20-16(11-19)1-4-21(30-20)23(32)31-10-8-15-7-9-28-12-17(15)14-31/h1-7,9,11-13H,8,10,14H2. The number of pyridine rings is 3. The van der Waals surface area contributed by atoms with Crippen LogP contribution in [0.4, 0.5) is 13.2 Å². The summed E-state index contributed by atoms with van der Waals surface area (Å²) in [6.45, 7) is 1.11. The molecule has 0 bridgehead atoms. The number of halogens is 3. The highest BCUT2D eigenvalue weighted by molar-refractivity contribution is 5.95. The summed E-state index contributed by atoms with van der Waals surface area (Å²) < 4.78 is 43.6. The fraction of sp³-hybridized carbons (Fsp3) is 0.167. The molecule has 1 amide bonds. The molecule has 0 radical (unpaired) electrons. The van der Waals surface area contributed by atoms with E-state index < -0.39 is 11.7 Å². The molecule has 0 aliphatic carbocycles. The number of hydrogen-bond acceptors (Lipinski definition) is 5. The van der Waals surface area contributed by atoms with Crippen LogP contribution in [0.25, 0.3) is 10.9 Å². The molecular formula is C24H17F3N4O2. The maximum atomic E-state index is 13.0. The van der Waals surface area contributed by atoms with Gasteiger partial charge in [-0.1, -0.05) is 6.07 Å². The highest BCUT2D eigenvalue weighted by atomic mass is 19.4. The van der Waals surface area contributed by atoms with Crippen molar-refractivity contribution in [2.45, 2.75) is 19.1 Å². The number of nitrogens with zero attached hydrogens (tertiary/aromatic N) is 4. The fourth-order valence-electron chi connectivity index (χ4n) is 3.73. The Morgan fingerprint density at radius 3 is 2.67 bits per heavy atom. The van der Waals surface area contributed by atoms with E-state index in [0.717, 1.165) is 29.6 Å².